The van der Waals surface area contributed by atoms with E-state index < -0.39 is 29.6 Å². The second kappa shape index (κ2) is 6.82. The zero-order chi connectivity index (χ0) is 14.4. The number of hydrogen-bond donors (Lipinski definition) is 1. The molecule has 6 heteroatoms. The van der Waals surface area contributed by atoms with Gasteiger partial charge in [0.05, 0.1) is 0 Å². The maximum atomic E-state index is 13.3. The van der Waals surface area contributed by atoms with Crippen LogP contribution in [-0.2, 0) is 9.59 Å². The average molecular weight is 270 g/mol. The molecular weight excluding hydrogens is 254 g/mol. The van der Waals surface area contributed by atoms with Crippen LogP contribution in [0.3, 0.4) is 0 Å². The Hall–Kier alpha value is -1.98. The Bertz CT molecular complexity index is 453. The second-order valence-electron chi connectivity index (χ2n) is 3.89. The van der Waals surface area contributed by atoms with Crippen LogP contribution in [0.5, 0.6) is 0 Å². The number of carbonyl (C=O) groups excluding carboxylic acids is 2. The normalized spacial score (nSPS) is 10.1. The summed E-state index contributed by atoms with van der Waals surface area (Å²) >= 11 is 0. The molecule has 0 fully saturated rings. The zero-order valence-electron chi connectivity index (χ0n) is 10.9. The number of carbonyl (C=O) groups is 2. The van der Waals surface area contributed by atoms with Gasteiger partial charge in [0.1, 0.15) is 23.7 Å². The van der Waals surface area contributed by atoms with Gasteiger partial charge in [-0.1, -0.05) is 6.07 Å². The number of rotatable bonds is 5. The van der Waals surface area contributed by atoms with Gasteiger partial charge in [-0.25, -0.2) is 8.78 Å². The number of halogens is 2. The smallest absolute Gasteiger partial charge is 0.233 e. The summed E-state index contributed by atoms with van der Waals surface area (Å²) in [6, 6.07) is 3.26. The van der Waals surface area contributed by atoms with Gasteiger partial charge >= 0.3 is 0 Å². The van der Waals surface area contributed by atoms with Crippen molar-refractivity contribution in [2.75, 3.05) is 18.4 Å². The molecule has 1 aromatic carbocycles. The lowest BCUT2D eigenvalue weighted by Crippen LogP contribution is -2.33. The van der Waals surface area contributed by atoms with E-state index in [0.29, 0.717) is 13.1 Å². The van der Waals surface area contributed by atoms with Crippen molar-refractivity contribution in [2.24, 2.45) is 0 Å². The van der Waals surface area contributed by atoms with Gasteiger partial charge in [-0.15, -0.1) is 0 Å². The predicted molar refractivity (Wildman–Crippen MR) is 67.5 cm³/mol. The van der Waals surface area contributed by atoms with Crippen molar-refractivity contribution < 1.29 is 18.4 Å². The highest BCUT2D eigenvalue weighted by Gasteiger charge is 2.17. The molecule has 0 aliphatic heterocycles. The molecule has 0 aliphatic rings. The molecule has 1 N–H and O–H groups in total. The van der Waals surface area contributed by atoms with E-state index in [9.17, 15) is 18.4 Å². The summed E-state index contributed by atoms with van der Waals surface area (Å²) in [5.41, 5.74) is -0.528. The molecule has 0 saturated heterocycles. The first-order chi connectivity index (χ1) is 8.99. The molecule has 0 bridgehead atoms. The van der Waals surface area contributed by atoms with Gasteiger partial charge in [-0.3, -0.25) is 9.59 Å². The lowest BCUT2D eigenvalue weighted by Gasteiger charge is -2.18. The third-order valence-corrected chi connectivity index (χ3v) is 2.66. The summed E-state index contributed by atoms with van der Waals surface area (Å²) in [4.78, 5) is 24.7. The maximum absolute atomic E-state index is 13.3. The van der Waals surface area contributed by atoms with Gasteiger partial charge < -0.3 is 10.2 Å². The van der Waals surface area contributed by atoms with Crippen LogP contribution in [0, 0.1) is 11.6 Å². The van der Waals surface area contributed by atoms with Crippen molar-refractivity contribution in [3.8, 4) is 0 Å². The number of nitrogens with zero attached hydrogens (tertiary/aromatic N) is 1. The summed E-state index contributed by atoms with van der Waals surface area (Å²) in [5.74, 6) is -2.85. The van der Waals surface area contributed by atoms with Gasteiger partial charge in [0.15, 0.2) is 0 Å². The SMILES string of the molecule is CCN(CC)C(=O)CC(=O)Nc1c(F)cccc1F. The van der Waals surface area contributed by atoms with Crippen LogP contribution >= 0.6 is 0 Å². The van der Waals surface area contributed by atoms with Gasteiger partial charge in [-0.2, -0.15) is 0 Å². The fraction of sp³-hybridized carbons (Fsp3) is 0.385. The van der Waals surface area contributed by atoms with Crippen LogP contribution < -0.4 is 5.32 Å². The zero-order valence-corrected chi connectivity index (χ0v) is 10.9. The van der Waals surface area contributed by atoms with E-state index >= 15 is 0 Å². The minimum Gasteiger partial charge on any atom is -0.343 e. The largest absolute Gasteiger partial charge is 0.343 e. The Labute approximate surface area is 110 Å². The molecule has 1 aromatic rings. The van der Waals surface area contributed by atoms with Crippen molar-refractivity contribution >= 4 is 17.5 Å². The van der Waals surface area contributed by atoms with E-state index in [4.69, 9.17) is 0 Å². The molecule has 4 nitrogen and oxygen atoms in total. The minimum atomic E-state index is -0.872. The van der Waals surface area contributed by atoms with Crippen LogP contribution in [0.4, 0.5) is 14.5 Å². The van der Waals surface area contributed by atoms with Crippen molar-refractivity contribution in [2.45, 2.75) is 20.3 Å². The highest BCUT2D eigenvalue weighted by Crippen LogP contribution is 2.18. The van der Waals surface area contributed by atoms with Gasteiger partial charge in [0.2, 0.25) is 11.8 Å². The lowest BCUT2D eigenvalue weighted by molar-refractivity contribution is -0.134. The van der Waals surface area contributed by atoms with E-state index in [1.807, 2.05) is 0 Å². The monoisotopic (exact) mass is 270 g/mol. The molecule has 19 heavy (non-hydrogen) atoms. The van der Waals surface area contributed by atoms with Crippen LogP contribution in [0.25, 0.3) is 0 Å². The lowest BCUT2D eigenvalue weighted by atomic mass is 10.2. The fourth-order valence-electron chi connectivity index (χ4n) is 1.63. The fourth-order valence-corrected chi connectivity index (χ4v) is 1.63. The van der Waals surface area contributed by atoms with E-state index in [1.165, 1.54) is 11.0 Å². The molecule has 0 heterocycles. The number of amides is 2. The Kier molecular flexibility index (Phi) is 5.41. The van der Waals surface area contributed by atoms with Crippen molar-refractivity contribution in [1.82, 2.24) is 4.90 Å². The Morgan fingerprint density at radius 3 is 2.16 bits per heavy atom. The van der Waals surface area contributed by atoms with Gasteiger partial charge in [-0.05, 0) is 26.0 Å². The minimum absolute atomic E-state index is 0.376. The molecule has 0 atom stereocenters. The van der Waals surface area contributed by atoms with Crippen molar-refractivity contribution in [1.29, 1.82) is 0 Å². The first-order valence-corrected chi connectivity index (χ1v) is 6.01. The highest BCUT2D eigenvalue weighted by molar-refractivity contribution is 6.03. The Morgan fingerprint density at radius 2 is 1.68 bits per heavy atom. The van der Waals surface area contributed by atoms with Gasteiger partial charge in [0, 0.05) is 13.1 Å². The number of para-hydroxylation sites is 1. The Balaban J connectivity index is 2.68. The van der Waals surface area contributed by atoms with Gasteiger partial charge in [0.25, 0.3) is 0 Å². The molecule has 1 rings (SSSR count). The van der Waals surface area contributed by atoms with Crippen LogP contribution in [0.1, 0.15) is 20.3 Å². The van der Waals surface area contributed by atoms with E-state index in [-0.39, 0.29) is 5.91 Å². The third kappa shape index (κ3) is 4.01. The van der Waals surface area contributed by atoms with Crippen LogP contribution in [0.15, 0.2) is 18.2 Å². The molecule has 0 radical (unpaired) electrons. The topological polar surface area (TPSA) is 49.4 Å². The third-order valence-electron chi connectivity index (χ3n) is 2.66. The number of benzene rings is 1. The number of hydrogen-bond acceptors (Lipinski definition) is 2. The molecule has 0 aromatic heterocycles. The van der Waals surface area contributed by atoms with Crippen LogP contribution in [-0.4, -0.2) is 29.8 Å². The standard InChI is InChI=1S/C13H16F2N2O2/c1-3-17(4-2)12(19)8-11(18)16-13-9(14)6-5-7-10(13)15/h5-7H,3-4,8H2,1-2H3,(H,16,18). The summed E-state index contributed by atoms with van der Waals surface area (Å²) < 4.78 is 26.6. The molecule has 0 aliphatic carbocycles. The quantitative estimate of drug-likeness (QED) is 0.833. The molecule has 0 unspecified atom stereocenters. The molecule has 2 amide bonds. The summed E-state index contributed by atoms with van der Waals surface area (Å²) in [5, 5.41) is 2.08. The molecule has 0 saturated carbocycles. The molecule has 0 spiro atoms. The summed E-state index contributed by atoms with van der Waals surface area (Å²) in [6.07, 6.45) is -0.435. The second-order valence-corrected chi connectivity index (χ2v) is 3.89. The highest BCUT2D eigenvalue weighted by atomic mass is 19.1. The summed E-state index contributed by atoms with van der Waals surface area (Å²) in [7, 11) is 0. The molecular formula is C13H16F2N2O2. The van der Waals surface area contributed by atoms with Crippen molar-refractivity contribution in [3.63, 3.8) is 0 Å². The van der Waals surface area contributed by atoms with E-state index in [0.717, 1.165) is 12.1 Å². The Morgan fingerprint density at radius 1 is 1.16 bits per heavy atom. The van der Waals surface area contributed by atoms with Crippen molar-refractivity contribution in [3.05, 3.63) is 29.8 Å². The summed E-state index contributed by atoms with van der Waals surface area (Å²) in [6.45, 7) is 4.54. The first kappa shape index (κ1) is 15.1. The average Bonchev–Trinajstić information content (AvgIpc) is 2.35. The predicted octanol–water partition coefficient (Wildman–Crippen LogP) is 2.16. The molecule has 104 valence electrons. The van der Waals surface area contributed by atoms with Crippen LogP contribution in [0.2, 0.25) is 0 Å². The first-order valence-electron chi connectivity index (χ1n) is 6.01. The van der Waals surface area contributed by atoms with E-state index in [2.05, 4.69) is 5.32 Å². The maximum Gasteiger partial charge on any atom is 0.233 e. The van der Waals surface area contributed by atoms with E-state index in [1.54, 1.807) is 13.8 Å². The number of anilines is 1. The number of nitrogens with one attached hydrogen (secondary N) is 1.